The van der Waals surface area contributed by atoms with Crippen molar-refractivity contribution in [3.8, 4) is 0 Å². The zero-order valence-electron chi connectivity index (χ0n) is 11.9. The van der Waals surface area contributed by atoms with E-state index >= 15 is 0 Å². The van der Waals surface area contributed by atoms with Crippen LogP contribution in [0.1, 0.15) is 11.1 Å². The van der Waals surface area contributed by atoms with Crippen molar-refractivity contribution in [1.82, 2.24) is 5.32 Å². The fourth-order valence-corrected chi connectivity index (χ4v) is 3.04. The van der Waals surface area contributed by atoms with E-state index in [0.29, 0.717) is 12.1 Å². The molecule has 0 fully saturated rings. The number of hydrogen-bond donors (Lipinski definition) is 2. The summed E-state index contributed by atoms with van der Waals surface area (Å²) in [6.07, 6.45) is 0. The molecule has 2 aromatic rings. The topological polar surface area (TPSA) is 58.2 Å². The van der Waals surface area contributed by atoms with Crippen LogP contribution >= 0.6 is 0 Å². The lowest BCUT2D eigenvalue weighted by atomic mass is 10.2. The predicted octanol–water partition coefficient (Wildman–Crippen LogP) is 2.65. The minimum atomic E-state index is -3.72. The second-order valence-electron chi connectivity index (χ2n) is 4.80. The molecule has 0 heterocycles. The van der Waals surface area contributed by atoms with Crippen molar-refractivity contribution in [3.63, 3.8) is 0 Å². The Morgan fingerprint density at radius 2 is 1.76 bits per heavy atom. The lowest BCUT2D eigenvalue weighted by Crippen LogP contribution is -2.13. The maximum atomic E-state index is 13.3. The van der Waals surface area contributed by atoms with Gasteiger partial charge >= 0.3 is 0 Å². The molecule has 2 rings (SSSR count). The Kier molecular flexibility index (Phi) is 4.59. The van der Waals surface area contributed by atoms with Crippen LogP contribution in [0.3, 0.4) is 0 Å². The molecule has 0 amide bonds. The lowest BCUT2D eigenvalue weighted by Gasteiger charge is -2.09. The molecular weight excluding hydrogens is 291 g/mol. The average Bonchev–Trinajstić information content (AvgIpc) is 2.38. The molecule has 0 bridgehead atoms. The van der Waals surface area contributed by atoms with Crippen LogP contribution < -0.4 is 10.0 Å². The van der Waals surface area contributed by atoms with Gasteiger partial charge in [-0.15, -0.1) is 0 Å². The normalized spacial score (nSPS) is 11.4. The smallest absolute Gasteiger partial charge is 0.261 e. The first kappa shape index (κ1) is 15.5. The van der Waals surface area contributed by atoms with Crippen molar-refractivity contribution in [3.05, 3.63) is 59.4 Å². The molecule has 0 aliphatic heterocycles. The molecule has 0 unspecified atom stereocenters. The Morgan fingerprint density at radius 3 is 2.33 bits per heavy atom. The van der Waals surface area contributed by atoms with Crippen LogP contribution in [0.2, 0.25) is 0 Å². The summed E-state index contributed by atoms with van der Waals surface area (Å²) in [6, 6.07) is 10.6. The minimum absolute atomic E-state index is 0.143. The van der Waals surface area contributed by atoms with Gasteiger partial charge in [0.05, 0.1) is 10.6 Å². The summed E-state index contributed by atoms with van der Waals surface area (Å²) < 4.78 is 40.2. The molecule has 0 spiro atoms. The Morgan fingerprint density at radius 1 is 1.10 bits per heavy atom. The van der Waals surface area contributed by atoms with Crippen LogP contribution in [-0.4, -0.2) is 15.5 Å². The van der Waals surface area contributed by atoms with E-state index in [9.17, 15) is 12.8 Å². The second-order valence-corrected chi connectivity index (χ2v) is 6.48. The third kappa shape index (κ3) is 4.03. The number of hydrogen-bond acceptors (Lipinski definition) is 3. The number of sulfonamides is 1. The van der Waals surface area contributed by atoms with E-state index in [2.05, 4.69) is 10.0 Å². The van der Waals surface area contributed by atoms with Crippen molar-refractivity contribution in [2.45, 2.75) is 18.4 Å². The summed E-state index contributed by atoms with van der Waals surface area (Å²) in [6.45, 7) is 2.37. The van der Waals surface area contributed by atoms with E-state index in [1.807, 2.05) is 7.05 Å². The van der Waals surface area contributed by atoms with Crippen LogP contribution in [0.15, 0.2) is 47.4 Å². The lowest BCUT2D eigenvalue weighted by molar-refractivity contribution is 0.601. The van der Waals surface area contributed by atoms with Crippen molar-refractivity contribution in [2.24, 2.45) is 0 Å². The number of aryl methyl sites for hydroxylation is 1. The summed E-state index contributed by atoms with van der Waals surface area (Å²) >= 11 is 0. The molecule has 2 aromatic carbocycles. The van der Waals surface area contributed by atoms with Gasteiger partial charge in [0.15, 0.2) is 0 Å². The number of nitrogens with one attached hydrogen (secondary N) is 2. The molecule has 4 nitrogen and oxygen atoms in total. The quantitative estimate of drug-likeness (QED) is 0.893. The number of halogens is 1. The number of rotatable bonds is 5. The standard InChI is InChI=1S/C15H17FN2O2S/c1-11-7-13(16)9-14(8-11)18-21(19,20)15-5-3-12(4-6-15)10-17-2/h3-9,17-18H,10H2,1-2H3. The number of benzene rings is 2. The van der Waals surface area contributed by atoms with Gasteiger partial charge in [-0.05, 0) is 55.4 Å². The van der Waals surface area contributed by atoms with Crippen LogP contribution in [0, 0.1) is 12.7 Å². The monoisotopic (exact) mass is 308 g/mol. The first-order chi connectivity index (χ1) is 9.90. The van der Waals surface area contributed by atoms with E-state index in [1.165, 1.54) is 18.2 Å². The Hall–Kier alpha value is -1.92. The van der Waals surface area contributed by atoms with Crippen LogP contribution in [0.4, 0.5) is 10.1 Å². The SMILES string of the molecule is CNCc1ccc(S(=O)(=O)Nc2cc(C)cc(F)c2)cc1. The number of anilines is 1. The van der Waals surface area contributed by atoms with Crippen molar-refractivity contribution in [1.29, 1.82) is 0 Å². The molecule has 21 heavy (non-hydrogen) atoms. The molecule has 0 atom stereocenters. The van der Waals surface area contributed by atoms with Gasteiger partial charge in [0.25, 0.3) is 10.0 Å². The van der Waals surface area contributed by atoms with E-state index in [0.717, 1.165) is 11.6 Å². The van der Waals surface area contributed by atoms with E-state index in [4.69, 9.17) is 0 Å². The summed E-state index contributed by atoms with van der Waals surface area (Å²) in [5.74, 6) is -0.475. The Balaban J connectivity index is 2.25. The van der Waals surface area contributed by atoms with Crippen LogP contribution in [-0.2, 0) is 16.6 Å². The van der Waals surface area contributed by atoms with Gasteiger partial charge in [-0.3, -0.25) is 4.72 Å². The summed E-state index contributed by atoms with van der Waals surface area (Å²) in [5.41, 5.74) is 1.85. The molecule has 0 radical (unpaired) electrons. The third-order valence-electron chi connectivity index (χ3n) is 2.91. The predicted molar refractivity (Wildman–Crippen MR) is 81.2 cm³/mol. The van der Waals surface area contributed by atoms with Crippen LogP contribution in [0.5, 0.6) is 0 Å². The van der Waals surface area contributed by atoms with Crippen molar-refractivity contribution < 1.29 is 12.8 Å². The first-order valence-corrected chi connectivity index (χ1v) is 7.92. The fourth-order valence-electron chi connectivity index (χ4n) is 2.00. The zero-order chi connectivity index (χ0) is 15.5. The van der Waals surface area contributed by atoms with Gasteiger partial charge in [-0.2, -0.15) is 0 Å². The largest absolute Gasteiger partial charge is 0.316 e. The average molecular weight is 308 g/mol. The van der Waals surface area contributed by atoms with E-state index < -0.39 is 15.8 Å². The second kappa shape index (κ2) is 6.24. The molecule has 0 saturated heterocycles. The zero-order valence-corrected chi connectivity index (χ0v) is 12.7. The first-order valence-electron chi connectivity index (χ1n) is 6.44. The van der Waals surface area contributed by atoms with E-state index in [-0.39, 0.29) is 10.6 Å². The summed E-state index contributed by atoms with van der Waals surface area (Å²) in [4.78, 5) is 0.143. The maximum absolute atomic E-state index is 13.3. The van der Waals surface area contributed by atoms with Gasteiger partial charge in [-0.25, -0.2) is 12.8 Å². The highest BCUT2D eigenvalue weighted by Gasteiger charge is 2.14. The summed E-state index contributed by atoms with van der Waals surface area (Å²) in [5, 5.41) is 2.99. The third-order valence-corrected chi connectivity index (χ3v) is 4.31. The van der Waals surface area contributed by atoms with Crippen molar-refractivity contribution in [2.75, 3.05) is 11.8 Å². The van der Waals surface area contributed by atoms with Gasteiger partial charge in [0.1, 0.15) is 5.82 Å². The molecular formula is C15H17FN2O2S. The molecule has 0 aliphatic carbocycles. The van der Waals surface area contributed by atoms with Gasteiger partial charge in [0.2, 0.25) is 0 Å². The molecule has 0 saturated carbocycles. The molecule has 112 valence electrons. The summed E-state index contributed by atoms with van der Waals surface area (Å²) in [7, 11) is -1.90. The molecule has 6 heteroatoms. The Bertz CT molecular complexity index is 708. The van der Waals surface area contributed by atoms with Gasteiger partial charge < -0.3 is 5.32 Å². The maximum Gasteiger partial charge on any atom is 0.261 e. The van der Waals surface area contributed by atoms with E-state index in [1.54, 1.807) is 25.1 Å². The molecule has 2 N–H and O–H groups in total. The Labute approximate surface area is 124 Å². The minimum Gasteiger partial charge on any atom is -0.316 e. The highest BCUT2D eigenvalue weighted by Crippen LogP contribution is 2.19. The van der Waals surface area contributed by atoms with Gasteiger partial charge in [-0.1, -0.05) is 12.1 Å². The molecule has 0 aromatic heterocycles. The van der Waals surface area contributed by atoms with Crippen LogP contribution in [0.25, 0.3) is 0 Å². The highest BCUT2D eigenvalue weighted by atomic mass is 32.2. The highest BCUT2D eigenvalue weighted by molar-refractivity contribution is 7.92. The fraction of sp³-hybridized carbons (Fsp3) is 0.200. The van der Waals surface area contributed by atoms with Gasteiger partial charge in [0, 0.05) is 6.54 Å². The van der Waals surface area contributed by atoms with Crippen molar-refractivity contribution >= 4 is 15.7 Å². The molecule has 0 aliphatic rings.